The minimum absolute atomic E-state index is 0.0143. The molecule has 69 heavy (non-hydrogen) atoms. The highest BCUT2D eigenvalue weighted by Crippen LogP contribution is 2.45. The second-order valence-corrected chi connectivity index (χ2v) is 18.0. The van der Waals surface area contributed by atoms with Gasteiger partial charge in [0.05, 0.1) is 19.8 Å². The number of benzene rings is 5. The topological polar surface area (TPSA) is 300 Å². The number of nitrogens with two attached hydrogens (primary N) is 1. The molecule has 1 saturated carbocycles. The number of fused-ring (bicyclic) bond motifs is 4. The number of carbonyl (C=O) groups is 6. The molecular formula is C50H49N3O15P. The summed E-state index contributed by atoms with van der Waals surface area (Å²) in [6, 6.07) is 32.3. The summed E-state index contributed by atoms with van der Waals surface area (Å²) in [5.41, 5.74) is 11.6. The van der Waals surface area contributed by atoms with Gasteiger partial charge in [0.15, 0.2) is 0 Å². The van der Waals surface area contributed by atoms with Gasteiger partial charge in [-0.2, -0.15) is 0 Å². The third kappa shape index (κ3) is 11.8. The molecule has 1 fully saturated rings. The van der Waals surface area contributed by atoms with Crippen molar-refractivity contribution in [3.05, 3.63) is 159 Å². The average molecular weight is 963 g/mol. The second kappa shape index (κ2) is 21.7. The van der Waals surface area contributed by atoms with Crippen molar-refractivity contribution in [2.45, 2.75) is 43.8 Å². The van der Waals surface area contributed by atoms with Crippen LogP contribution in [0.25, 0.3) is 17.2 Å². The number of nitrogens with zero attached hydrogens (tertiary/aromatic N) is 1. The van der Waals surface area contributed by atoms with E-state index in [1.54, 1.807) is 74.7 Å². The Morgan fingerprint density at radius 1 is 0.797 bits per heavy atom. The van der Waals surface area contributed by atoms with E-state index in [9.17, 15) is 43.5 Å². The summed E-state index contributed by atoms with van der Waals surface area (Å²) in [4.78, 5) is 86.8. The third-order valence-corrected chi connectivity index (χ3v) is 12.5. The van der Waals surface area contributed by atoms with E-state index in [1.165, 1.54) is 24.3 Å². The van der Waals surface area contributed by atoms with Gasteiger partial charge in [0, 0.05) is 35.1 Å². The Labute approximate surface area is 395 Å². The Kier molecular flexibility index (Phi) is 16.0. The van der Waals surface area contributed by atoms with Crippen LogP contribution in [0, 0.1) is 12.8 Å². The first-order valence-corrected chi connectivity index (χ1v) is 23.1. The number of carboxylic acids is 3. The zero-order valence-corrected chi connectivity index (χ0v) is 38.4. The van der Waals surface area contributed by atoms with Gasteiger partial charge in [-0.3, -0.25) is 23.7 Å². The molecule has 0 spiro atoms. The second-order valence-electron chi connectivity index (χ2n) is 16.3. The van der Waals surface area contributed by atoms with Gasteiger partial charge < -0.3 is 50.4 Å². The van der Waals surface area contributed by atoms with Crippen molar-refractivity contribution >= 4 is 49.2 Å². The largest absolute Gasteiger partial charge is 0.496 e. The van der Waals surface area contributed by atoms with E-state index in [0.29, 0.717) is 39.3 Å². The van der Waals surface area contributed by atoms with Crippen LogP contribution in [0.1, 0.15) is 78.9 Å². The highest BCUT2D eigenvalue weighted by atomic mass is 31.2. The lowest BCUT2D eigenvalue weighted by Crippen LogP contribution is -2.59. The number of hydrogen-bond donors (Lipinski definition) is 7. The molecule has 8 rings (SSSR count). The first-order chi connectivity index (χ1) is 32.8. The number of ketones is 1. The molecule has 0 aromatic heterocycles. The van der Waals surface area contributed by atoms with Crippen molar-refractivity contribution in [3.63, 3.8) is 0 Å². The lowest BCUT2D eigenvalue weighted by molar-refractivity contribution is -0.150. The van der Waals surface area contributed by atoms with Gasteiger partial charge in [0.25, 0.3) is 5.91 Å². The van der Waals surface area contributed by atoms with Crippen LogP contribution in [0.2, 0.25) is 0 Å². The molecule has 19 heteroatoms. The number of carbonyl (C=O) groups excluding carboxylic acids is 3. The smallest absolute Gasteiger partial charge is 0.352 e. The predicted molar refractivity (Wildman–Crippen MR) is 250 cm³/mol. The maximum absolute atomic E-state index is 12.9. The van der Waals surface area contributed by atoms with Crippen molar-refractivity contribution in [1.29, 1.82) is 0 Å². The van der Waals surface area contributed by atoms with Crippen LogP contribution in [0.4, 0.5) is 0 Å². The zero-order valence-electron chi connectivity index (χ0n) is 37.5. The van der Waals surface area contributed by atoms with Crippen molar-refractivity contribution in [3.8, 4) is 22.6 Å². The lowest BCUT2D eigenvalue weighted by Gasteiger charge is -2.40. The van der Waals surface area contributed by atoms with Gasteiger partial charge in [-0.05, 0) is 89.6 Å². The predicted octanol–water partition coefficient (Wildman–Crippen LogP) is 5.69. The number of ether oxygens (including phenoxy) is 3. The average Bonchev–Trinajstić information content (AvgIpc) is 3.89. The number of methoxy groups -OCH3 is 2. The highest BCUT2D eigenvalue weighted by Gasteiger charge is 2.50. The van der Waals surface area contributed by atoms with E-state index in [4.69, 9.17) is 34.8 Å². The van der Waals surface area contributed by atoms with Gasteiger partial charge in [-0.1, -0.05) is 78.9 Å². The Balaban J connectivity index is 0.000000179. The number of amides is 1. The quantitative estimate of drug-likeness (QED) is 0.0399. The van der Waals surface area contributed by atoms with E-state index in [2.05, 4.69) is 34.9 Å². The summed E-state index contributed by atoms with van der Waals surface area (Å²) in [6.07, 6.45) is 0.407. The molecular weight excluding hydrogens is 914 g/mol. The maximum atomic E-state index is 12.9. The standard InChI is InChI=1S/C24H18NO4.C19H19NO5.C7H12NO6P/c26-23(27)22-18-10-5-11-19(20(18)12-25-22)24(28)29-13-21-16-8-3-1-6-14(16)15-7-2-4-9-17(15)21;1-12-16(24-2)10-9-14(17(12)25-3)11-15(19(22)23)20-18(21)13-7-5-4-6-8-13;8-7(6(10)11)1-4(2-7)5(9)3-15(12,13)14/h1-11,21-22H,12-13H2,(H,26,27);4-11H,1-3H3,(H,20,21)(H,22,23);4H,1-3,8H2,(H,10,11)(H2,12,13,14)/t22-;;4-,7-/m1../s1. The highest BCUT2D eigenvalue weighted by molar-refractivity contribution is 7.52. The lowest BCUT2D eigenvalue weighted by atomic mass is 9.67. The monoisotopic (exact) mass is 962 g/mol. The van der Waals surface area contributed by atoms with E-state index < -0.39 is 66.8 Å². The van der Waals surface area contributed by atoms with Crippen molar-refractivity contribution in [1.82, 2.24) is 10.6 Å². The third-order valence-electron chi connectivity index (χ3n) is 11.8. The molecule has 3 aliphatic rings. The first-order valence-electron chi connectivity index (χ1n) is 21.3. The molecule has 18 nitrogen and oxygen atoms in total. The van der Waals surface area contributed by atoms with Crippen LogP contribution in [-0.4, -0.2) is 93.2 Å². The van der Waals surface area contributed by atoms with Gasteiger partial charge in [0.2, 0.25) is 0 Å². The van der Waals surface area contributed by atoms with Crippen molar-refractivity contribution < 1.29 is 72.6 Å². The number of carboxylic acid groups (broad SMARTS) is 3. The van der Waals surface area contributed by atoms with Crippen LogP contribution < -0.4 is 25.8 Å². The zero-order chi connectivity index (χ0) is 50.2. The maximum Gasteiger partial charge on any atom is 0.352 e. The summed E-state index contributed by atoms with van der Waals surface area (Å²) in [7, 11) is -1.33. The number of esters is 1. The first kappa shape index (κ1) is 50.9. The molecule has 5 aromatic carbocycles. The molecule has 0 unspecified atom stereocenters. The van der Waals surface area contributed by atoms with E-state index in [0.717, 1.165) is 16.7 Å². The molecule has 1 amide bonds. The van der Waals surface area contributed by atoms with E-state index in [1.807, 2.05) is 24.3 Å². The van der Waals surface area contributed by atoms with Gasteiger partial charge in [0.1, 0.15) is 47.3 Å². The fourth-order valence-corrected chi connectivity index (χ4v) is 9.01. The number of aliphatic carboxylic acids is 3. The Morgan fingerprint density at radius 3 is 1.94 bits per heavy atom. The molecule has 0 saturated heterocycles. The molecule has 0 bridgehead atoms. The van der Waals surface area contributed by atoms with Crippen molar-refractivity contribution in [2.24, 2.45) is 11.7 Å². The van der Waals surface area contributed by atoms with Gasteiger partial charge >= 0.3 is 31.5 Å². The molecule has 8 N–H and O–H groups in total. The SMILES string of the molecule is COc1ccc(C=C(NC(=O)c2ccccc2)C(=O)O)c(OC)c1C.N[C@]1(C(=O)O)C[C@@H](C(=O)CP(=O)(O)O)C1.O=C(OCC1c2ccccc2-c2ccccc21)c1cccc2c1C[N][C@H]2C(=O)O. The number of rotatable bonds is 14. The normalized spacial score (nSPS) is 17.7. The fraction of sp³-hybridized carbons (Fsp3) is 0.240. The summed E-state index contributed by atoms with van der Waals surface area (Å²) in [5, 5.41) is 33.9. The van der Waals surface area contributed by atoms with E-state index >= 15 is 0 Å². The molecule has 1 heterocycles. The summed E-state index contributed by atoms with van der Waals surface area (Å²) in [6.45, 7) is 2.25. The molecule has 359 valence electrons. The van der Waals surface area contributed by atoms with Crippen molar-refractivity contribution in [2.75, 3.05) is 27.0 Å². The van der Waals surface area contributed by atoms with E-state index in [-0.39, 0.29) is 37.6 Å². The van der Waals surface area contributed by atoms with Crippen LogP contribution in [0.5, 0.6) is 11.5 Å². The molecule has 5 aromatic rings. The summed E-state index contributed by atoms with van der Waals surface area (Å²) >= 11 is 0. The summed E-state index contributed by atoms with van der Waals surface area (Å²) in [5.74, 6) is -4.56. The Hall–Kier alpha value is -7.47. The minimum Gasteiger partial charge on any atom is -0.496 e. The van der Waals surface area contributed by atoms with Crippen LogP contribution in [0.3, 0.4) is 0 Å². The summed E-state index contributed by atoms with van der Waals surface area (Å²) < 4.78 is 26.8. The van der Waals surface area contributed by atoms with Gasteiger partial charge in [-0.15, -0.1) is 0 Å². The molecule has 2 aliphatic carbocycles. The minimum atomic E-state index is -4.36. The van der Waals surface area contributed by atoms with Gasteiger partial charge in [-0.25, -0.2) is 14.9 Å². The number of Topliss-reactive ketones (excluding diaryl/α,β-unsaturated/α-hetero) is 1. The van der Waals surface area contributed by atoms with Crippen LogP contribution in [0.15, 0.2) is 115 Å². The fourth-order valence-electron chi connectivity index (χ4n) is 8.34. The molecule has 1 aliphatic heterocycles. The number of nitrogens with one attached hydrogen (secondary N) is 1. The number of hydrogen-bond acceptors (Lipinski definition) is 11. The molecule has 1 atom stereocenters. The molecule has 1 radical (unpaired) electrons. The Morgan fingerprint density at radius 2 is 1.39 bits per heavy atom. The Bertz CT molecular complexity index is 2830. The van der Waals surface area contributed by atoms with Crippen LogP contribution >= 0.6 is 7.60 Å². The van der Waals surface area contributed by atoms with Crippen LogP contribution in [-0.2, 0) is 35.0 Å².